The minimum absolute atomic E-state index is 0. The summed E-state index contributed by atoms with van der Waals surface area (Å²) >= 11 is 0. The molecule has 0 bridgehead atoms. The van der Waals surface area contributed by atoms with Crippen LogP contribution in [0.4, 0.5) is 13.2 Å². The number of hydrogen-bond donors (Lipinski definition) is 3. The fourth-order valence-electron chi connectivity index (χ4n) is 3.48. The molecule has 2 aromatic carbocycles. The van der Waals surface area contributed by atoms with Crippen LogP contribution in [0.5, 0.6) is 0 Å². The van der Waals surface area contributed by atoms with Gasteiger partial charge in [-0.1, -0.05) is 12.8 Å². The van der Waals surface area contributed by atoms with Crippen molar-refractivity contribution in [2.45, 2.75) is 31.7 Å². The molecule has 29 heavy (non-hydrogen) atoms. The van der Waals surface area contributed by atoms with E-state index >= 15 is 0 Å². The zero-order valence-electron chi connectivity index (χ0n) is 16.7. The predicted octanol–water partition coefficient (Wildman–Crippen LogP) is 1.91. The van der Waals surface area contributed by atoms with Crippen LogP contribution in [-0.2, 0) is 0 Å². The maximum atomic E-state index is 14.1. The number of benzene rings is 2. The van der Waals surface area contributed by atoms with Crippen molar-refractivity contribution in [3.05, 3.63) is 66.3 Å². The van der Waals surface area contributed by atoms with Crippen molar-refractivity contribution in [2.75, 3.05) is 6.61 Å². The molecular formula is C22H24F3KN2O. The molecule has 0 spiro atoms. The number of nitrogens with one attached hydrogen (secondary N) is 1. The van der Waals surface area contributed by atoms with Gasteiger partial charge in [0.15, 0.2) is 0 Å². The average Bonchev–Trinajstić information content (AvgIpc) is 2.99. The number of rotatable bonds is 3. The number of aromatic amines is 1. The number of aliphatic hydroxyl groups is 1. The molecule has 1 aliphatic rings. The maximum Gasteiger partial charge on any atom is 1.00 e. The van der Waals surface area contributed by atoms with Gasteiger partial charge >= 0.3 is 51.4 Å². The van der Waals surface area contributed by atoms with Crippen LogP contribution in [0.25, 0.3) is 22.2 Å². The molecule has 1 unspecified atom stereocenters. The third-order valence-corrected chi connectivity index (χ3v) is 4.93. The maximum absolute atomic E-state index is 14.1. The number of aromatic nitrogens is 1. The molecule has 0 saturated heterocycles. The van der Waals surface area contributed by atoms with Gasteiger partial charge in [-0.15, -0.1) is 0 Å². The van der Waals surface area contributed by atoms with E-state index in [-0.39, 0.29) is 75.8 Å². The summed E-state index contributed by atoms with van der Waals surface area (Å²) in [5.41, 5.74) is 7.75. The Morgan fingerprint density at radius 2 is 1.72 bits per heavy atom. The number of nitrogens with two attached hydrogens (primary N) is 1. The molecule has 1 saturated carbocycles. The van der Waals surface area contributed by atoms with Gasteiger partial charge in [0.2, 0.25) is 0 Å². The van der Waals surface area contributed by atoms with Crippen molar-refractivity contribution in [2.24, 2.45) is 11.7 Å². The van der Waals surface area contributed by atoms with E-state index in [0.717, 1.165) is 35.7 Å². The molecule has 0 aliphatic heterocycles. The summed E-state index contributed by atoms with van der Waals surface area (Å²) in [5.74, 6) is -0.950. The summed E-state index contributed by atoms with van der Waals surface area (Å²) in [4.78, 5) is 3.07. The van der Waals surface area contributed by atoms with E-state index in [1.165, 1.54) is 18.2 Å². The van der Waals surface area contributed by atoms with Gasteiger partial charge in [-0.25, -0.2) is 13.2 Å². The van der Waals surface area contributed by atoms with E-state index in [2.05, 4.69) is 11.9 Å². The summed E-state index contributed by atoms with van der Waals surface area (Å²) in [6.07, 6.45) is 1.78. The van der Waals surface area contributed by atoms with Gasteiger partial charge in [0.1, 0.15) is 17.5 Å². The van der Waals surface area contributed by atoms with E-state index in [0.29, 0.717) is 16.8 Å². The van der Waals surface area contributed by atoms with Crippen molar-refractivity contribution in [1.82, 2.24) is 4.98 Å². The number of hydrogen-bond acceptors (Lipinski definition) is 2. The zero-order valence-corrected chi connectivity index (χ0v) is 19.8. The molecule has 7 heteroatoms. The van der Waals surface area contributed by atoms with Gasteiger partial charge in [-0.3, -0.25) is 0 Å². The van der Waals surface area contributed by atoms with Crippen LogP contribution in [0.3, 0.4) is 0 Å². The largest absolute Gasteiger partial charge is 1.00 e. The van der Waals surface area contributed by atoms with Crippen molar-refractivity contribution in [3.63, 3.8) is 0 Å². The average molecular weight is 429 g/mol. The Hall–Kier alpha value is -0.674. The van der Waals surface area contributed by atoms with Gasteiger partial charge in [0, 0.05) is 17.5 Å². The standard InChI is InChI=1S/C19H15F3N.C3H9NO.K/c1-10-6-12(7-10)17-15-8-14(21)9-16(22)19(15)23-18(17)11-2-4-13(20)5-3-11;1-3(4)2-5;/h2-5,8-10,12,23H,1,6-7H2;3,5H,2,4H2,1H3;/q-1;;+1. The first kappa shape index (κ1) is 24.6. The Morgan fingerprint density at radius 1 is 1.14 bits per heavy atom. The first-order valence-electron chi connectivity index (χ1n) is 9.26. The normalized spacial score (nSPS) is 19.0. The molecule has 3 nitrogen and oxygen atoms in total. The van der Waals surface area contributed by atoms with Crippen LogP contribution in [-0.4, -0.2) is 22.7 Å². The third kappa shape index (κ3) is 5.73. The fraction of sp³-hybridized carbons (Fsp3) is 0.318. The zero-order chi connectivity index (χ0) is 20.4. The van der Waals surface area contributed by atoms with Gasteiger partial charge in [-0.05, 0) is 54.3 Å². The Morgan fingerprint density at radius 3 is 2.24 bits per heavy atom. The molecular weight excluding hydrogens is 404 g/mol. The first-order valence-corrected chi connectivity index (χ1v) is 9.26. The molecule has 0 radical (unpaired) electrons. The van der Waals surface area contributed by atoms with E-state index in [4.69, 9.17) is 10.8 Å². The Balaban J connectivity index is 0.000000450. The van der Waals surface area contributed by atoms with Gasteiger partial charge in [-0.2, -0.15) is 5.92 Å². The van der Waals surface area contributed by atoms with Crippen LogP contribution in [0.15, 0.2) is 36.4 Å². The molecule has 1 aromatic heterocycles. The smallest absolute Gasteiger partial charge is 0.395 e. The molecule has 0 amide bonds. The minimum Gasteiger partial charge on any atom is -0.395 e. The van der Waals surface area contributed by atoms with E-state index in [1.54, 1.807) is 19.1 Å². The van der Waals surface area contributed by atoms with Crippen molar-refractivity contribution in [1.29, 1.82) is 0 Å². The van der Waals surface area contributed by atoms with Crippen LogP contribution in [0.1, 0.15) is 31.2 Å². The van der Waals surface area contributed by atoms with E-state index in [9.17, 15) is 13.2 Å². The summed E-state index contributed by atoms with van der Waals surface area (Å²) in [6, 6.07) is 8.22. The number of aliphatic hydroxyl groups excluding tert-OH is 1. The predicted molar refractivity (Wildman–Crippen MR) is 105 cm³/mol. The monoisotopic (exact) mass is 428 g/mol. The summed E-state index contributed by atoms with van der Waals surface area (Å²) in [6.45, 7) is 5.86. The molecule has 1 fully saturated rings. The number of halogens is 3. The molecule has 4 rings (SSSR count). The quantitative estimate of drug-likeness (QED) is 0.441. The second kappa shape index (κ2) is 10.6. The molecule has 1 heterocycles. The van der Waals surface area contributed by atoms with Crippen LogP contribution in [0.2, 0.25) is 0 Å². The molecule has 1 atom stereocenters. The van der Waals surface area contributed by atoms with Crippen molar-refractivity contribution >= 4 is 10.9 Å². The van der Waals surface area contributed by atoms with E-state index in [1.807, 2.05) is 0 Å². The summed E-state index contributed by atoms with van der Waals surface area (Å²) in [5, 5.41) is 8.59. The Kier molecular flexibility index (Phi) is 8.97. The number of fused-ring (bicyclic) bond motifs is 1. The fourth-order valence-corrected chi connectivity index (χ4v) is 3.48. The molecule has 3 aromatic rings. The van der Waals surface area contributed by atoms with Crippen LogP contribution < -0.4 is 57.1 Å². The molecule has 4 N–H and O–H groups in total. The molecule has 1 aliphatic carbocycles. The van der Waals surface area contributed by atoms with Gasteiger partial charge < -0.3 is 22.7 Å². The minimum atomic E-state index is -0.611. The number of H-pyrrole nitrogens is 1. The third-order valence-electron chi connectivity index (χ3n) is 4.93. The van der Waals surface area contributed by atoms with Crippen molar-refractivity contribution in [3.8, 4) is 11.3 Å². The Labute approximate surface area is 211 Å². The first-order chi connectivity index (χ1) is 13.3. The van der Waals surface area contributed by atoms with Crippen molar-refractivity contribution < 1.29 is 69.7 Å². The second-order valence-electron chi connectivity index (χ2n) is 7.42. The topological polar surface area (TPSA) is 62.0 Å². The van der Waals surface area contributed by atoms with E-state index < -0.39 is 11.6 Å². The SMILES string of the molecule is CC(N)CO.[CH2-]C1CC(c2c(-c3ccc(F)cc3)[nH]c3c(F)cc(F)cc23)C1.[K+]. The second-order valence-corrected chi connectivity index (χ2v) is 7.42. The van der Waals surface area contributed by atoms with Gasteiger partial charge in [0.25, 0.3) is 0 Å². The Bertz CT molecular complexity index is 951. The summed E-state index contributed by atoms with van der Waals surface area (Å²) in [7, 11) is 0. The summed E-state index contributed by atoms with van der Waals surface area (Å²) < 4.78 is 41.0. The van der Waals surface area contributed by atoms with Gasteiger partial charge in [0.05, 0.1) is 17.8 Å². The van der Waals surface area contributed by atoms with Crippen LogP contribution in [0, 0.1) is 30.3 Å². The molecule has 150 valence electrons. The van der Waals surface area contributed by atoms with Crippen LogP contribution >= 0.6 is 0 Å².